The highest BCUT2D eigenvalue weighted by molar-refractivity contribution is 7.99. The number of carbonyl (C=O) groups excluding carboxylic acids is 1. The molecule has 0 spiro atoms. The Kier molecular flexibility index (Phi) is 5.26. The number of carbonyl (C=O) groups is 1. The zero-order valence-corrected chi connectivity index (χ0v) is 14.1. The van der Waals surface area contributed by atoms with Crippen molar-refractivity contribution in [3.8, 4) is 0 Å². The molecule has 2 fully saturated rings. The minimum atomic E-state index is 0.0388. The largest absolute Gasteiger partial charge is 0.323 e. The van der Waals surface area contributed by atoms with Crippen molar-refractivity contribution in [2.24, 2.45) is 0 Å². The van der Waals surface area contributed by atoms with E-state index in [2.05, 4.69) is 22.0 Å². The second kappa shape index (κ2) is 7.38. The van der Waals surface area contributed by atoms with Gasteiger partial charge in [0, 0.05) is 43.7 Å². The number of amides is 2. The first-order valence-corrected chi connectivity index (χ1v) is 9.33. The van der Waals surface area contributed by atoms with Crippen LogP contribution < -0.4 is 5.32 Å². The molecule has 22 heavy (non-hydrogen) atoms. The number of urea groups is 1. The Morgan fingerprint density at radius 1 is 1.23 bits per heavy atom. The van der Waals surface area contributed by atoms with E-state index in [-0.39, 0.29) is 6.03 Å². The third-order valence-corrected chi connectivity index (χ3v) is 5.77. The number of benzene rings is 1. The van der Waals surface area contributed by atoms with E-state index in [4.69, 9.17) is 0 Å². The fourth-order valence-electron chi connectivity index (χ4n) is 3.22. The Hall–Kier alpha value is -1.20. The number of hydrogen-bond donors (Lipinski definition) is 1. The average molecular weight is 319 g/mol. The van der Waals surface area contributed by atoms with E-state index >= 15 is 0 Å². The van der Waals surface area contributed by atoms with E-state index in [1.165, 1.54) is 17.9 Å². The van der Waals surface area contributed by atoms with E-state index in [0.29, 0.717) is 0 Å². The van der Waals surface area contributed by atoms with Crippen molar-refractivity contribution in [2.75, 3.05) is 43.0 Å². The van der Waals surface area contributed by atoms with E-state index in [0.717, 1.165) is 49.9 Å². The molecule has 1 aromatic rings. The van der Waals surface area contributed by atoms with Crippen molar-refractivity contribution in [1.82, 2.24) is 9.80 Å². The summed E-state index contributed by atoms with van der Waals surface area (Å²) in [5.74, 6) is 2.55. The zero-order valence-electron chi connectivity index (χ0n) is 13.3. The van der Waals surface area contributed by atoms with Crippen LogP contribution in [0.1, 0.15) is 18.4 Å². The number of thioether (sulfide) groups is 1. The van der Waals surface area contributed by atoms with Crippen LogP contribution in [-0.4, -0.2) is 59.6 Å². The number of rotatable bonds is 2. The van der Waals surface area contributed by atoms with Gasteiger partial charge in [-0.2, -0.15) is 11.8 Å². The second-order valence-electron chi connectivity index (χ2n) is 6.14. The molecule has 1 N–H and O–H groups in total. The highest BCUT2D eigenvalue weighted by atomic mass is 32.2. The van der Waals surface area contributed by atoms with Gasteiger partial charge in [-0.25, -0.2) is 4.79 Å². The van der Waals surface area contributed by atoms with Gasteiger partial charge in [-0.15, -0.1) is 0 Å². The summed E-state index contributed by atoms with van der Waals surface area (Å²) in [5, 5.41) is 3.06. The van der Waals surface area contributed by atoms with Gasteiger partial charge in [-0.05, 0) is 37.1 Å². The number of aryl methyl sites for hydroxylation is 1. The molecule has 0 aromatic heterocycles. The first kappa shape index (κ1) is 15.7. The average Bonchev–Trinajstić information content (AvgIpc) is 2.94. The number of nitrogens with zero attached hydrogens (tertiary/aromatic N) is 2. The van der Waals surface area contributed by atoms with Crippen LogP contribution >= 0.6 is 11.8 Å². The highest BCUT2D eigenvalue weighted by Gasteiger charge is 2.26. The zero-order chi connectivity index (χ0) is 15.4. The number of anilines is 1. The van der Waals surface area contributed by atoms with Gasteiger partial charge in [0.1, 0.15) is 0 Å². The maximum Gasteiger partial charge on any atom is 0.321 e. The van der Waals surface area contributed by atoms with Crippen LogP contribution in [0.3, 0.4) is 0 Å². The normalized spacial score (nSPS) is 23.3. The Morgan fingerprint density at radius 3 is 2.86 bits per heavy atom. The molecule has 0 radical (unpaired) electrons. The molecule has 3 rings (SSSR count). The molecule has 1 unspecified atom stereocenters. The minimum Gasteiger partial charge on any atom is -0.323 e. The molecule has 2 aliphatic rings. The van der Waals surface area contributed by atoms with E-state index in [1.54, 1.807) is 0 Å². The van der Waals surface area contributed by atoms with Crippen molar-refractivity contribution in [3.63, 3.8) is 0 Å². The summed E-state index contributed by atoms with van der Waals surface area (Å²) >= 11 is 2.06. The van der Waals surface area contributed by atoms with Crippen LogP contribution in [0.4, 0.5) is 10.5 Å². The van der Waals surface area contributed by atoms with Crippen molar-refractivity contribution in [2.45, 2.75) is 25.8 Å². The summed E-state index contributed by atoms with van der Waals surface area (Å²) in [6.45, 7) is 5.84. The Morgan fingerprint density at radius 2 is 2.09 bits per heavy atom. The van der Waals surface area contributed by atoms with Crippen LogP contribution in [0, 0.1) is 6.92 Å². The number of para-hydroxylation sites is 1. The van der Waals surface area contributed by atoms with Gasteiger partial charge in [0.05, 0.1) is 0 Å². The lowest BCUT2D eigenvalue weighted by Gasteiger charge is -2.27. The topological polar surface area (TPSA) is 35.6 Å². The maximum absolute atomic E-state index is 12.5. The standard InChI is InChI=1S/C17H25N3OS/c1-14-5-2-3-6-16(14)18-17(21)20-9-4-8-19(10-11-20)15-7-12-22-13-15/h2-3,5-6,15H,4,7-13H2,1H3,(H,18,21). The monoisotopic (exact) mass is 319 g/mol. The SMILES string of the molecule is Cc1ccccc1NC(=O)N1CCCN(C2CCSC2)CC1. The predicted molar refractivity (Wildman–Crippen MR) is 93.7 cm³/mol. The van der Waals surface area contributed by atoms with Crippen molar-refractivity contribution in [3.05, 3.63) is 29.8 Å². The molecule has 0 aliphatic carbocycles. The second-order valence-corrected chi connectivity index (χ2v) is 7.29. The van der Waals surface area contributed by atoms with E-state index < -0.39 is 0 Å². The van der Waals surface area contributed by atoms with Gasteiger partial charge in [-0.3, -0.25) is 4.90 Å². The first-order valence-electron chi connectivity index (χ1n) is 8.17. The molecular weight excluding hydrogens is 294 g/mol. The van der Waals surface area contributed by atoms with Crippen molar-refractivity contribution < 1.29 is 4.79 Å². The summed E-state index contributed by atoms with van der Waals surface area (Å²) in [7, 11) is 0. The third kappa shape index (κ3) is 3.76. The summed E-state index contributed by atoms with van der Waals surface area (Å²) < 4.78 is 0. The molecule has 0 saturated carbocycles. The Balaban J connectivity index is 1.56. The van der Waals surface area contributed by atoms with Crippen molar-refractivity contribution in [1.29, 1.82) is 0 Å². The van der Waals surface area contributed by atoms with Crippen LogP contribution in [0.15, 0.2) is 24.3 Å². The quantitative estimate of drug-likeness (QED) is 0.910. The molecule has 5 heteroatoms. The fourth-order valence-corrected chi connectivity index (χ4v) is 4.48. The smallest absolute Gasteiger partial charge is 0.321 e. The molecular formula is C17H25N3OS. The first-order chi connectivity index (χ1) is 10.7. The van der Waals surface area contributed by atoms with Gasteiger partial charge in [0.15, 0.2) is 0 Å². The van der Waals surface area contributed by atoms with E-state index in [1.807, 2.05) is 36.1 Å². The lowest BCUT2D eigenvalue weighted by molar-refractivity contribution is 0.202. The number of nitrogens with one attached hydrogen (secondary N) is 1. The molecule has 0 bridgehead atoms. The lowest BCUT2D eigenvalue weighted by Crippen LogP contribution is -2.40. The lowest BCUT2D eigenvalue weighted by atomic mass is 10.2. The molecule has 1 atom stereocenters. The third-order valence-electron chi connectivity index (χ3n) is 4.63. The van der Waals surface area contributed by atoms with Crippen LogP contribution in [-0.2, 0) is 0 Å². The van der Waals surface area contributed by atoms with Crippen LogP contribution in [0.5, 0.6) is 0 Å². The summed E-state index contributed by atoms with van der Waals surface area (Å²) in [4.78, 5) is 17.0. The predicted octanol–water partition coefficient (Wildman–Crippen LogP) is 3.04. The fraction of sp³-hybridized carbons (Fsp3) is 0.588. The molecule has 2 saturated heterocycles. The maximum atomic E-state index is 12.5. The molecule has 2 heterocycles. The molecule has 2 amide bonds. The van der Waals surface area contributed by atoms with Crippen LogP contribution in [0.2, 0.25) is 0 Å². The summed E-state index contributed by atoms with van der Waals surface area (Å²) in [5.41, 5.74) is 2.02. The van der Waals surface area contributed by atoms with E-state index in [9.17, 15) is 4.79 Å². The Bertz CT molecular complexity index is 516. The molecule has 4 nitrogen and oxygen atoms in total. The van der Waals surface area contributed by atoms with Gasteiger partial charge in [0.2, 0.25) is 0 Å². The van der Waals surface area contributed by atoms with Gasteiger partial charge < -0.3 is 10.2 Å². The summed E-state index contributed by atoms with van der Waals surface area (Å²) in [6, 6.07) is 8.71. The van der Waals surface area contributed by atoms with Crippen LogP contribution in [0.25, 0.3) is 0 Å². The van der Waals surface area contributed by atoms with Gasteiger partial charge >= 0.3 is 6.03 Å². The Labute approximate surface area is 137 Å². The summed E-state index contributed by atoms with van der Waals surface area (Å²) in [6.07, 6.45) is 2.38. The van der Waals surface area contributed by atoms with Crippen molar-refractivity contribution >= 4 is 23.5 Å². The number of hydrogen-bond acceptors (Lipinski definition) is 3. The highest BCUT2D eigenvalue weighted by Crippen LogP contribution is 2.23. The molecule has 1 aromatic carbocycles. The van der Waals surface area contributed by atoms with Gasteiger partial charge in [-0.1, -0.05) is 18.2 Å². The minimum absolute atomic E-state index is 0.0388. The molecule has 120 valence electrons. The molecule has 2 aliphatic heterocycles. The van der Waals surface area contributed by atoms with Gasteiger partial charge in [0.25, 0.3) is 0 Å².